The molecule has 0 saturated carbocycles. The van der Waals surface area contributed by atoms with Crippen molar-refractivity contribution in [2.24, 2.45) is 30.0 Å². The molecule has 0 spiro atoms. The molecule has 0 atom stereocenters. The van der Waals surface area contributed by atoms with Crippen molar-refractivity contribution in [1.29, 1.82) is 0 Å². The molecule has 4 aliphatic heterocycles. The van der Waals surface area contributed by atoms with Crippen LogP contribution in [0, 0.1) is 11.8 Å². The van der Waals surface area contributed by atoms with Gasteiger partial charge in [-0.15, -0.1) is 0 Å². The van der Waals surface area contributed by atoms with Gasteiger partial charge in [0.2, 0.25) is 0 Å². The molecule has 0 aromatic heterocycles. The molecule has 8 nitrogen and oxygen atoms in total. The van der Waals surface area contributed by atoms with Gasteiger partial charge in [-0.3, -0.25) is 0 Å². The van der Waals surface area contributed by atoms with Gasteiger partial charge in [0.15, 0.2) is 35.0 Å². The maximum Gasteiger partial charge on any atom is 0.382 e. The Balaban J connectivity index is 1.50. The number of carboxylic acid groups (broad SMARTS) is 1. The van der Waals surface area contributed by atoms with Crippen LogP contribution < -0.4 is 0 Å². The summed E-state index contributed by atoms with van der Waals surface area (Å²) >= 11 is 0. The third kappa shape index (κ3) is 4.54. The largest absolute Gasteiger partial charge is 0.472 e. The Morgan fingerprint density at radius 3 is 1.26 bits per heavy atom. The molecule has 4 heterocycles. The number of benzene rings is 3. The van der Waals surface area contributed by atoms with E-state index in [1.54, 1.807) is 12.1 Å². The molecule has 0 amide bonds. The van der Waals surface area contributed by atoms with Crippen LogP contribution in [0.3, 0.4) is 0 Å². The van der Waals surface area contributed by atoms with E-state index in [4.69, 9.17) is 35.1 Å². The Morgan fingerprint density at radius 1 is 0.535 bits per heavy atom. The lowest BCUT2D eigenvalue weighted by molar-refractivity contribution is -0.130. The lowest BCUT2D eigenvalue weighted by Crippen LogP contribution is -2.13. The average Bonchev–Trinajstić information content (AvgIpc) is 3.58. The topological polar surface area (TPSA) is 111 Å². The summed E-state index contributed by atoms with van der Waals surface area (Å²) in [5.74, 6) is 6.67. The molecule has 210 valence electrons. The predicted molar refractivity (Wildman–Crippen MR) is 170 cm³/mol. The summed E-state index contributed by atoms with van der Waals surface area (Å²) in [6.07, 6.45) is 0. The van der Waals surface area contributed by atoms with Gasteiger partial charge in [0.05, 0.1) is 0 Å². The van der Waals surface area contributed by atoms with Crippen molar-refractivity contribution in [3.05, 3.63) is 105 Å². The van der Waals surface area contributed by atoms with Gasteiger partial charge in [-0.1, -0.05) is 71.7 Å². The Morgan fingerprint density at radius 2 is 0.884 bits per heavy atom. The van der Waals surface area contributed by atoms with Crippen LogP contribution in [0.1, 0.15) is 91.6 Å². The summed E-state index contributed by atoms with van der Waals surface area (Å²) in [6, 6.07) is 18.0. The number of amidine groups is 6. The number of aliphatic imine (C=N–C) groups is 6. The number of aliphatic carboxylic acids is 1. The van der Waals surface area contributed by atoms with Crippen LogP contribution in [0.4, 0.5) is 0 Å². The summed E-state index contributed by atoms with van der Waals surface area (Å²) in [5, 5.41) is 9.08. The molecule has 0 radical (unpaired) electrons. The molecule has 1 N–H and O–H groups in total. The van der Waals surface area contributed by atoms with Crippen LogP contribution in [0.5, 0.6) is 0 Å². The van der Waals surface area contributed by atoms with Gasteiger partial charge in [0, 0.05) is 44.9 Å². The molecule has 43 heavy (non-hydrogen) atoms. The van der Waals surface area contributed by atoms with Gasteiger partial charge < -0.3 is 5.11 Å². The van der Waals surface area contributed by atoms with Crippen LogP contribution in [-0.2, 0) is 15.6 Å². The minimum Gasteiger partial charge on any atom is -0.472 e. The zero-order valence-corrected chi connectivity index (χ0v) is 24.7. The number of carboxylic acids is 1. The number of rotatable bonds is 0. The van der Waals surface area contributed by atoms with Crippen LogP contribution in [-0.4, -0.2) is 46.1 Å². The van der Waals surface area contributed by atoms with E-state index in [0.29, 0.717) is 46.1 Å². The lowest BCUT2D eigenvalue weighted by Gasteiger charge is -2.20. The molecule has 8 heteroatoms. The minimum atomic E-state index is -1.20. The summed E-state index contributed by atoms with van der Waals surface area (Å²) < 4.78 is 0. The van der Waals surface area contributed by atoms with Crippen molar-refractivity contribution in [2.75, 3.05) is 0 Å². The number of carbonyl (C=O) groups is 1. The highest BCUT2D eigenvalue weighted by Crippen LogP contribution is 2.33. The standard InChI is InChI=1S/C35H28N6O2/c1-34(2,3)19-9-12-22-25(16-19)33-39-29(22)37-31-24-15-18(8-14-27(42)43)7-11-21(24)28(36-31)38-32-26-17-20(35(4,5)6)10-13-23(26)30(40-32)41-33/h7,9-13,15-17H,1-6H3,(H,42,43). The van der Waals surface area contributed by atoms with Gasteiger partial charge in [0.1, 0.15) is 0 Å². The molecule has 3 aromatic carbocycles. The fourth-order valence-corrected chi connectivity index (χ4v) is 5.38. The first kappa shape index (κ1) is 26.6. The summed E-state index contributed by atoms with van der Waals surface area (Å²) in [5.41, 5.74) is 7.67. The Bertz CT molecular complexity index is 2040. The fourth-order valence-electron chi connectivity index (χ4n) is 5.38. The number of hydrogen-bond acceptors (Lipinski definition) is 7. The maximum absolute atomic E-state index is 11.1. The molecule has 0 fully saturated rings. The third-order valence-electron chi connectivity index (χ3n) is 7.82. The summed E-state index contributed by atoms with van der Waals surface area (Å²) in [4.78, 5) is 40.7. The highest BCUT2D eigenvalue weighted by Gasteiger charge is 2.32. The SMILES string of the molecule is CC(C)(C)c1ccc2c(c1)C1=NC3=NC(=NC4=NC(=NC2=N1)c1cc(C(C)(C)C)ccc14)c1cc(C#CC(=O)O)ccc13. The molecule has 3 aromatic rings. The van der Waals surface area contributed by atoms with E-state index in [1.807, 2.05) is 12.1 Å². The first-order valence-electron chi connectivity index (χ1n) is 14.1. The zero-order valence-electron chi connectivity index (χ0n) is 24.7. The van der Waals surface area contributed by atoms with Gasteiger partial charge in [-0.05, 0) is 52.3 Å². The minimum absolute atomic E-state index is 0.0741. The lowest BCUT2D eigenvalue weighted by atomic mass is 9.85. The first-order valence-corrected chi connectivity index (χ1v) is 14.1. The maximum atomic E-state index is 11.1. The molecule has 7 rings (SSSR count). The fraction of sp³-hybridized carbons (Fsp3) is 0.229. The Hall–Kier alpha value is -5.29. The van der Waals surface area contributed by atoms with E-state index >= 15 is 0 Å². The average molecular weight is 565 g/mol. The van der Waals surface area contributed by atoms with E-state index < -0.39 is 5.97 Å². The highest BCUT2D eigenvalue weighted by molar-refractivity contribution is 6.34. The van der Waals surface area contributed by atoms with Crippen molar-refractivity contribution >= 4 is 41.0 Å². The van der Waals surface area contributed by atoms with E-state index in [-0.39, 0.29) is 10.8 Å². The van der Waals surface area contributed by atoms with E-state index in [0.717, 1.165) is 38.9 Å². The van der Waals surface area contributed by atoms with Gasteiger partial charge in [-0.25, -0.2) is 34.7 Å². The van der Waals surface area contributed by atoms with Crippen LogP contribution in [0.2, 0.25) is 0 Å². The second-order valence-corrected chi connectivity index (χ2v) is 12.9. The van der Waals surface area contributed by atoms with Crippen molar-refractivity contribution in [3.8, 4) is 11.8 Å². The van der Waals surface area contributed by atoms with Gasteiger partial charge >= 0.3 is 5.97 Å². The summed E-state index contributed by atoms with van der Waals surface area (Å²) in [7, 11) is 0. The van der Waals surface area contributed by atoms with Crippen molar-refractivity contribution < 1.29 is 9.90 Å². The van der Waals surface area contributed by atoms with E-state index in [1.165, 1.54) is 0 Å². The van der Waals surface area contributed by atoms with Crippen LogP contribution >= 0.6 is 0 Å². The van der Waals surface area contributed by atoms with Crippen molar-refractivity contribution in [2.45, 2.75) is 52.4 Å². The molecular formula is C35H28N6O2. The van der Waals surface area contributed by atoms with Crippen molar-refractivity contribution in [1.82, 2.24) is 0 Å². The third-order valence-corrected chi connectivity index (χ3v) is 7.82. The molecular weight excluding hydrogens is 536 g/mol. The molecule has 0 saturated heterocycles. The number of fused-ring (bicyclic) bond motifs is 12. The predicted octanol–water partition coefficient (Wildman–Crippen LogP) is 5.65. The monoisotopic (exact) mass is 564 g/mol. The second-order valence-electron chi connectivity index (χ2n) is 12.9. The summed E-state index contributed by atoms with van der Waals surface area (Å²) in [6.45, 7) is 13.0. The smallest absolute Gasteiger partial charge is 0.382 e. The quantitative estimate of drug-likeness (QED) is 0.356. The van der Waals surface area contributed by atoms with E-state index in [2.05, 4.69) is 83.7 Å². The molecule has 4 aliphatic rings. The normalized spacial score (nSPS) is 16.0. The van der Waals surface area contributed by atoms with E-state index in [9.17, 15) is 4.79 Å². The van der Waals surface area contributed by atoms with Crippen molar-refractivity contribution in [3.63, 3.8) is 0 Å². The van der Waals surface area contributed by atoms with Crippen LogP contribution in [0.25, 0.3) is 0 Å². The zero-order chi connectivity index (χ0) is 30.3. The molecule has 6 bridgehead atoms. The molecule has 0 unspecified atom stereocenters. The number of nitrogens with zero attached hydrogens (tertiary/aromatic N) is 6. The van der Waals surface area contributed by atoms with Gasteiger partial charge in [0.25, 0.3) is 0 Å². The van der Waals surface area contributed by atoms with Gasteiger partial charge in [-0.2, -0.15) is 0 Å². The first-order chi connectivity index (χ1) is 20.3. The highest BCUT2D eigenvalue weighted by atomic mass is 16.4. The Kier molecular flexibility index (Phi) is 5.63. The van der Waals surface area contributed by atoms with Crippen LogP contribution in [0.15, 0.2) is 84.6 Å². The Labute approximate surface area is 249 Å². The number of hydrogen-bond donors (Lipinski definition) is 1. The molecule has 0 aliphatic carbocycles. The second kappa shape index (κ2) is 9.10.